The predicted molar refractivity (Wildman–Crippen MR) is 75.0 cm³/mol. The van der Waals surface area contributed by atoms with Crippen LogP contribution in [0.1, 0.15) is 47.7 Å². The average molecular weight is 263 g/mol. The highest BCUT2D eigenvalue weighted by Crippen LogP contribution is 2.37. The van der Waals surface area contributed by atoms with Gasteiger partial charge in [0.2, 0.25) is 0 Å². The SMILES string of the molecule is CCC1(C(=O)c2c(C)cc(C)cc2F)CCNCC1. The van der Waals surface area contributed by atoms with E-state index in [0.29, 0.717) is 5.56 Å². The monoisotopic (exact) mass is 263 g/mol. The zero-order valence-electron chi connectivity index (χ0n) is 12.0. The highest BCUT2D eigenvalue weighted by atomic mass is 19.1. The van der Waals surface area contributed by atoms with Crippen molar-refractivity contribution in [2.75, 3.05) is 13.1 Å². The first-order valence-electron chi connectivity index (χ1n) is 7.02. The molecule has 1 saturated heterocycles. The fraction of sp³-hybridized carbons (Fsp3) is 0.562. The molecule has 2 rings (SSSR count). The first-order chi connectivity index (χ1) is 9.00. The summed E-state index contributed by atoms with van der Waals surface area (Å²) in [5, 5.41) is 3.27. The van der Waals surface area contributed by atoms with E-state index in [-0.39, 0.29) is 17.0 Å². The van der Waals surface area contributed by atoms with Crippen LogP contribution in [0.4, 0.5) is 4.39 Å². The number of ketones is 1. The van der Waals surface area contributed by atoms with E-state index < -0.39 is 0 Å². The van der Waals surface area contributed by atoms with E-state index in [1.165, 1.54) is 6.07 Å². The van der Waals surface area contributed by atoms with Gasteiger partial charge in [0.15, 0.2) is 5.78 Å². The molecule has 0 saturated carbocycles. The van der Waals surface area contributed by atoms with Crippen LogP contribution in [-0.4, -0.2) is 18.9 Å². The van der Waals surface area contributed by atoms with E-state index in [1.807, 2.05) is 26.8 Å². The summed E-state index contributed by atoms with van der Waals surface area (Å²) in [6, 6.07) is 3.35. The van der Waals surface area contributed by atoms with E-state index >= 15 is 0 Å². The highest BCUT2D eigenvalue weighted by molar-refractivity contribution is 6.02. The number of benzene rings is 1. The van der Waals surface area contributed by atoms with Crippen LogP contribution in [-0.2, 0) is 0 Å². The second-order valence-electron chi connectivity index (χ2n) is 5.65. The fourth-order valence-electron chi connectivity index (χ4n) is 3.11. The Hall–Kier alpha value is -1.22. The Labute approximate surface area is 114 Å². The summed E-state index contributed by atoms with van der Waals surface area (Å²) in [5.41, 5.74) is 1.54. The maximum absolute atomic E-state index is 14.2. The normalized spacial score (nSPS) is 18.3. The van der Waals surface area contributed by atoms with Gasteiger partial charge in [-0.1, -0.05) is 13.0 Å². The number of halogens is 1. The molecular formula is C16H22FNO. The van der Waals surface area contributed by atoms with E-state index in [2.05, 4.69) is 5.32 Å². The minimum Gasteiger partial charge on any atom is -0.317 e. The van der Waals surface area contributed by atoms with Crippen LogP contribution < -0.4 is 5.32 Å². The second kappa shape index (κ2) is 5.41. The van der Waals surface area contributed by atoms with E-state index in [9.17, 15) is 9.18 Å². The van der Waals surface area contributed by atoms with Gasteiger partial charge in [0.25, 0.3) is 0 Å². The standard InChI is InChI=1S/C16H22FNO/c1-4-16(5-7-18-8-6-16)15(19)14-12(3)9-11(2)10-13(14)17/h9-10,18H,4-8H2,1-3H3. The molecule has 0 aromatic heterocycles. The summed E-state index contributed by atoms with van der Waals surface area (Å²) >= 11 is 0. The fourth-order valence-corrected chi connectivity index (χ4v) is 3.11. The number of carbonyl (C=O) groups excluding carboxylic acids is 1. The van der Waals surface area contributed by atoms with Crippen LogP contribution in [0.25, 0.3) is 0 Å². The molecule has 104 valence electrons. The number of nitrogens with one attached hydrogen (secondary N) is 1. The average Bonchev–Trinajstić information content (AvgIpc) is 2.38. The first kappa shape index (κ1) is 14.2. The van der Waals surface area contributed by atoms with Crippen molar-refractivity contribution in [1.29, 1.82) is 0 Å². The minimum atomic E-state index is -0.383. The van der Waals surface area contributed by atoms with Gasteiger partial charge in [-0.3, -0.25) is 4.79 Å². The molecule has 1 aromatic rings. The van der Waals surface area contributed by atoms with Crippen molar-refractivity contribution < 1.29 is 9.18 Å². The summed E-state index contributed by atoms with van der Waals surface area (Å²) in [4.78, 5) is 12.8. The van der Waals surface area contributed by atoms with Gasteiger partial charge in [0.05, 0.1) is 5.56 Å². The van der Waals surface area contributed by atoms with Gasteiger partial charge in [-0.2, -0.15) is 0 Å². The molecule has 0 spiro atoms. The van der Waals surface area contributed by atoms with Gasteiger partial charge in [-0.05, 0) is 63.4 Å². The van der Waals surface area contributed by atoms with E-state index in [1.54, 1.807) is 0 Å². The molecule has 1 aromatic carbocycles. The van der Waals surface area contributed by atoms with Gasteiger partial charge >= 0.3 is 0 Å². The Morgan fingerprint density at radius 2 is 1.95 bits per heavy atom. The maximum atomic E-state index is 14.2. The summed E-state index contributed by atoms with van der Waals surface area (Å²) in [5.74, 6) is -0.375. The Kier molecular flexibility index (Phi) is 4.04. The Bertz CT molecular complexity index is 467. The molecule has 1 fully saturated rings. The molecule has 0 aliphatic carbocycles. The molecule has 1 aliphatic rings. The number of hydrogen-bond acceptors (Lipinski definition) is 2. The zero-order valence-corrected chi connectivity index (χ0v) is 12.0. The molecule has 1 N–H and O–H groups in total. The maximum Gasteiger partial charge on any atom is 0.172 e. The lowest BCUT2D eigenvalue weighted by Crippen LogP contribution is -2.42. The van der Waals surface area contributed by atoms with E-state index in [0.717, 1.165) is 43.5 Å². The molecular weight excluding hydrogens is 241 g/mol. The molecule has 19 heavy (non-hydrogen) atoms. The molecule has 2 nitrogen and oxygen atoms in total. The van der Waals surface area contributed by atoms with Gasteiger partial charge in [-0.25, -0.2) is 4.39 Å². The molecule has 0 amide bonds. The van der Waals surface area contributed by atoms with E-state index in [4.69, 9.17) is 0 Å². The van der Waals surface area contributed by atoms with Crippen molar-refractivity contribution in [2.24, 2.45) is 5.41 Å². The zero-order chi connectivity index (χ0) is 14.0. The summed E-state index contributed by atoms with van der Waals surface area (Å²) in [6.45, 7) is 7.39. The Balaban J connectivity index is 2.43. The molecule has 0 atom stereocenters. The molecule has 0 unspecified atom stereocenters. The van der Waals surface area contributed by atoms with Crippen molar-refractivity contribution in [1.82, 2.24) is 5.32 Å². The third-order valence-electron chi connectivity index (χ3n) is 4.38. The van der Waals surface area contributed by atoms with Crippen molar-refractivity contribution in [2.45, 2.75) is 40.0 Å². The minimum absolute atomic E-state index is 0.00787. The number of aryl methyl sites for hydroxylation is 2. The van der Waals surface area contributed by atoms with Gasteiger partial charge in [0, 0.05) is 5.41 Å². The van der Waals surface area contributed by atoms with Crippen molar-refractivity contribution in [3.05, 3.63) is 34.6 Å². The summed E-state index contributed by atoms with van der Waals surface area (Å²) in [6.07, 6.45) is 2.38. The number of carbonyl (C=O) groups is 1. The van der Waals surface area contributed by atoms with Crippen molar-refractivity contribution >= 4 is 5.78 Å². The largest absolute Gasteiger partial charge is 0.317 e. The lowest BCUT2D eigenvalue weighted by Gasteiger charge is -2.36. The van der Waals surface area contributed by atoms with Gasteiger partial charge in [-0.15, -0.1) is 0 Å². The molecule has 1 heterocycles. The topological polar surface area (TPSA) is 29.1 Å². The lowest BCUT2D eigenvalue weighted by molar-refractivity contribution is 0.0712. The lowest BCUT2D eigenvalue weighted by atomic mass is 9.70. The molecule has 1 aliphatic heterocycles. The summed E-state index contributed by atoms with van der Waals surface area (Å²) in [7, 11) is 0. The number of piperidine rings is 1. The van der Waals surface area contributed by atoms with Crippen LogP contribution >= 0.6 is 0 Å². The van der Waals surface area contributed by atoms with Crippen molar-refractivity contribution in [3.8, 4) is 0 Å². The third kappa shape index (κ3) is 2.57. The quantitative estimate of drug-likeness (QED) is 0.847. The Morgan fingerprint density at radius 1 is 1.32 bits per heavy atom. The Morgan fingerprint density at radius 3 is 2.47 bits per heavy atom. The third-order valence-corrected chi connectivity index (χ3v) is 4.38. The van der Waals surface area contributed by atoms with Crippen LogP contribution in [0.3, 0.4) is 0 Å². The summed E-state index contributed by atoms with van der Waals surface area (Å²) < 4.78 is 14.2. The van der Waals surface area contributed by atoms with Crippen molar-refractivity contribution in [3.63, 3.8) is 0 Å². The highest BCUT2D eigenvalue weighted by Gasteiger charge is 2.39. The van der Waals surface area contributed by atoms with Crippen LogP contribution in [0.2, 0.25) is 0 Å². The molecule has 0 bridgehead atoms. The predicted octanol–water partition coefficient (Wildman–Crippen LogP) is 3.41. The van der Waals surface area contributed by atoms with Gasteiger partial charge < -0.3 is 5.32 Å². The number of rotatable bonds is 3. The van der Waals surface area contributed by atoms with Crippen LogP contribution in [0.5, 0.6) is 0 Å². The smallest absolute Gasteiger partial charge is 0.172 e. The van der Waals surface area contributed by atoms with Crippen LogP contribution in [0.15, 0.2) is 12.1 Å². The molecule has 3 heteroatoms. The van der Waals surface area contributed by atoms with Crippen LogP contribution in [0, 0.1) is 25.1 Å². The number of hydrogen-bond donors (Lipinski definition) is 1. The second-order valence-corrected chi connectivity index (χ2v) is 5.65. The van der Waals surface area contributed by atoms with Gasteiger partial charge in [0.1, 0.15) is 5.82 Å². The first-order valence-corrected chi connectivity index (χ1v) is 7.02. The molecule has 0 radical (unpaired) electrons. The number of Topliss-reactive ketones (excluding diaryl/α,β-unsaturated/α-hetero) is 1.